The van der Waals surface area contributed by atoms with E-state index < -0.39 is 21.8 Å². The molecule has 2 rings (SSSR count). The molecule has 0 heterocycles. The van der Waals surface area contributed by atoms with Gasteiger partial charge in [0.2, 0.25) is 15.9 Å². The van der Waals surface area contributed by atoms with Crippen LogP contribution < -0.4 is 21.1 Å². The van der Waals surface area contributed by atoms with E-state index in [4.69, 9.17) is 5.14 Å². The fourth-order valence-electron chi connectivity index (χ4n) is 2.13. The van der Waals surface area contributed by atoms with Crippen molar-refractivity contribution in [2.75, 3.05) is 10.6 Å². The zero-order valence-electron chi connectivity index (χ0n) is 14.4. The number of rotatable bonds is 5. The van der Waals surface area contributed by atoms with Crippen molar-refractivity contribution in [2.24, 2.45) is 5.14 Å². The molecule has 142 valence electrons. The van der Waals surface area contributed by atoms with Gasteiger partial charge in [0.15, 0.2) is 0 Å². The molecule has 0 spiro atoms. The second-order valence-electron chi connectivity index (χ2n) is 5.59. The molecule has 0 bridgehead atoms. The van der Waals surface area contributed by atoms with Crippen LogP contribution in [0.3, 0.4) is 0 Å². The third-order valence-corrected chi connectivity index (χ3v) is 4.28. The Kier molecular flexibility index (Phi) is 6.27. The van der Waals surface area contributed by atoms with Gasteiger partial charge in [0.1, 0.15) is 0 Å². The minimum atomic E-state index is -3.79. The van der Waals surface area contributed by atoms with Gasteiger partial charge in [0, 0.05) is 24.8 Å². The standard InChI is InChI=1S/C17H18N4O5S/c1-11(22)20-13-3-2-4-14(9-13)21-17(24)16(23)19-10-12-5-7-15(8-6-12)27(18,25)26/h2-9H,10H2,1H3,(H,19,23)(H,20,22)(H,21,24)(H2,18,25,26). The largest absolute Gasteiger partial charge is 0.344 e. The van der Waals surface area contributed by atoms with E-state index in [1.165, 1.54) is 37.3 Å². The molecule has 0 unspecified atom stereocenters. The molecule has 2 aromatic carbocycles. The molecule has 0 atom stereocenters. The molecule has 0 fully saturated rings. The first-order valence-electron chi connectivity index (χ1n) is 7.74. The van der Waals surface area contributed by atoms with E-state index in [0.717, 1.165) is 0 Å². The fraction of sp³-hybridized carbons (Fsp3) is 0.118. The number of carbonyl (C=O) groups excluding carboxylic acids is 3. The summed E-state index contributed by atoms with van der Waals surface area (Å²) < 4.78 is 22.4. The maximum absolute atomic E-state index is 11.9. The first-order valence-corrected chi connectivity index (χ1v) is 9.28. The van der Waals surface area contributed by atoms with E-state index in [1.807, 2.05) is 0 Å². The van der Waals surface area contributed by atoms with Crippen molar-refractivity contribution in [1.29, 1.82) is 0 Å². The lowest BCUT2D eigenvalue weighted by atomic mass is 10.2. The van der Waals surface area contributed by atoms with Crippen LogP contribution in [0, 0.1) is 0 Å². The molecule has 27 heavy (non-hydrogen) atoms. The van der Waals surface area contributed by atoms with Gasteiger partial charge in [-0.2, -0.15) is 0 Å². The van der Waals surface area contributed by atoms with Crippen molar-refractivity contribution in [3.63, 3.8) is 0 Å². The summed E-state index contributed by atoms with van der Waals surface area (Å²) >= 11 is 0. The molecule has 0 saturated heterocycles. The summed E-state index contributed by atoms with van der Waals surface area (Å²) in [4.78, 5) is 34.8. The van der Waals surface area contributed by atoms with Crippen molar-refractivity contribution in [3.05, 3.63) is 54.1 Å². The van der Waals surface area contributed by atoms with Crippen LogP contribution in [-0.4, -0.2) is 26.1 Å². The summed E-state index contributed by atoms with van der Waals surface area (Å²) in [6, 6.07) is 11.9. The molecule has 2 aromatic rings. The number of hydrogen-bond acceptors (Lipinski definition) is 5. The SMILES string of the molecule is CC(=O)Nc1cccc(NC(=O)C(=O)NCc2ccc(S(N)(=O)=O)cc2)c1. The number of nitrogens with two attached hydrogens (primary N) is 1. The summed E-state index contributed by atoms with van der Waals surface area (Å²) in [6.45, 7) is 1.39. The predicted octanol–water partition coefficient (Wildman–Crippen LogP) is 0.547. The maximum Gasteiger partial charge on any atom is 0.313 e. The Morgan fingerprint density at radius 3 is 2.07 bits per heavy atom. The van der Waals surface area contributed by atoms with Gasteiger partial charge in [-0.3, -0.25) is 14.4 Å². The van der Waals surface area contributed by atoms with E-state index in [2.05, 4.69) is 16.0 Å². The quantitative estimate of drug-likeness (QED) is 0.550. The van der Waals surface area contributed by atoms with Crippen LogP contribution in [0.4, 0.5) is 11.4 Å². The third-order valence-electron chi connectivity index (χ3n) is 3.35. The molecule has 9 nitrogen and oxygen atoms in total. The highest BCUT2D eigenvalue weighted by atomic mass is 32.2. The molecule has 10 heteroatoms. The van der Waals surface area contributed by atoms with Crippen molar-refractivity contribution in [2.45, 2.75) is 18.4 Å². The van der Waals surface area contributed by atoms with E-state index in [-0.39, 0.29) is 17.3 Å². The van der Waals surface area contributed by atoms with Crippen LogP contribution in [0.5, 0.6) is 0 Å². The normalized spacial score (nSPS) is 10.7. The van der Waals surface area contributed by atoms with Crippen molar-refractivity contribution in [3.8, 4) is 0 Å². The number of benzene rings is 2. The monoisotopic (exact) mass is 390 g/mol. The third kappa shape index (κ3) is 6.20. The number of hydrogen-bond donors (Lipinski definition) is 4. The van der Waals surface area contributed by atoms with Gasteiger partial charge in [0.25, 0.3) is 0 Å². The molecule has 0 aliphatic carbocycles. The highest BCUT2D eigenvalue weighted by Crippen LogP contribution is 2.15. The average molecular weight is 390 g/mol. The molecule has 0 aliphatic rings. The first kappa shape index (κ1) is 20.1. The Morgan fingerprint density at radius 1 is 0.926 bits per heavy atom. The van der Waals surface area contributed by atoms with Crippen LogP contribution >= 0.6 is 0 Å². The van der Waals surface area contributed by atoms with Gasteiger partial charge >= 0.3 is 11.8 Å². The summed E-state index contributed by atoms with van der Waals surface area (Å²) in [6.07, 6.45) is 0. The second kappa shape index (κ2) is 8.43. The zero-order chi connectivity index (χ0) is 20.0. The van der Waals surface area contributed by atoms with Crippen molar-refractivity contribution < 1.29 is 22.8 Å². The zero-order valence-corrected chi connectivity index (χ0v) is 15.2. The molecule has 0 saturated carbocycles. The molecule has 0 aromatic heterocycles. The summed E-state index contributed by atoms with van der Waals surface area (Å²) in [5, 5.41) is 12.4. The van der Waals surface area contributed by atoms with Gasteiger partial charge in [-0.1, -0.05) is 18.2 Å². The molecule has 0 radical (unpaired) electrons. The highest BCUT2D eigenvalue weighted by molar-refractivity contribution is 7.89. The fourth-order valence-corrected chi connectivity index (χ4v) is 2.64. The highest BCUT2D eigenvalue weighted by Gasteiger charge is 2.14. The average Bonchev–Trinajstić information content (AvgIpc) is 2.59. The Bertz CT molecular complexity index is 971. The summed E-state index contributed by atoms with van der Waals surface area (Å²) in [5.41, 5.74) is 1.42. The Labute approximate surface area is 156 Å². The van der Waals surface area contributed by atoms with Gasteiger partial charge in [-0.05, 0) is 35.9 Å². The second-order valence-corrected chi connectivity index (χ2v) is 7.15. The first-order chi connectivity index (χ1) is 12.6. The number of anilines is 2. The lowest BCUT2D eigenvalue weighted by molar-refractivity contribution is -0.136. The van der Waals surface area contributed by atoms with Gasteiger partial charge in [-0.15, -0.1) is 0 Å². The molecule has 5 N–H and O–H groups in total. The number of nitrogens with one attached hydrogen (secondary N) is 3. The molecular formula is C17H18N4O5S. The topological polar surface area (TPSA) is 147 Å². The van der Waals surface area contributed by atoms with Crippen LogP contribution in [-0.2, 0) is 31.0 Å². The molecular weight excluding hydrogens is 372 g/mol. The van der Waals surface area contributed by atoms with Gasteiger partial charge in [-0.25, -0.2) is 13.6 Å². The number of amides is 3. The number of primary sulfonamides is 1. The Balaban J connectivity index is 1.92. The van der Waals surface area contributed by atoms with E-state index in [0.29, 0.717) is 16.9 Å². The van der Waals surface area contributed by atoms with E-state index >= 15 is 0 Å². The molecule has 0 aliphatic heterocycles. The minimum absolute atomic E-state index is 0.0308. The van der Waals surface area contributed by atoms with Crippen LogP contribution in [0.1, 0.15) is 12.5 Å². The number of carbonyl (C=O) groups is 3. The van der Waals surface area contributed by atoms with Gasteiger partial charge in [0.05, 0.1) is 4.90 Å². The Hall–Kier alpha value is -3.24. The predicted molar refractivity (Wildman–Crippen MR) is 99.0 cm³/mol. The van der Waals surface area contributed by atoms with Crippen LogP contribution in [0.25, 0.3) is 0 Å². The van der Waals surface area contributed by atoms with E-state index in [1.54, 1.807) is 18.2 Å². The lowest BCUT2D eigenvalue weighted by Gasteiger charge is -2.09. The summed E-state index contributed by atoms with van der Waals surface area (Å²) in [5.74, 6) is -2.00. The summed E-state index contributed by atoms with van der Waals surface area (Å²) in [7, 11) is -3.79. The molecule has 3 amide bonds. The van der Waals surface area contributed by atoms with Crippen LogP contribution in [0.2, 0.25) is 0 Å². The number of sulfonamides is 1. The van der Waals surface area contributed by atoms with Crippen LogP contribution in [0.15, 0.2) is 53.4 Å². The Morgan fingerprint density at radius 2 is 1.52 bits per heavy atom. The smallest absolute Gasteiger partial charge is 0.313 e. The minimum Gasteiger partial charge on any atom is -0.344 e. The van der Waals surface area contributed by atoms with E-state index in [9.17, 15) is 22.8 Å². The van der Waals surface area contributed by atoms with Gasteiger partial charge < -0.3 is 16.0 Å². The lowest BCUT2D eigenvalue weighted by Crippen LogP contribution is -2.35. The van der Waals surface area contributed by atoms with Crippen molar-refractivity contribution >= 4 is 39.1 Å². The van der Waals surface area contributed by atoms with Crippen molar-refractivity contribution in [1.82, 2.24) is 5.32 Å². The maximum atomic E-state index is 11.9.